The molecule has 1 amide bonds. The van der Waals surface area contributed by atoms with Crippen LogP contribution in [0.15, 0.2) is 54.7 Å². The van der Waals surface area contributed by atoms with E-state index in [0.717, 1.165) is 35.3 Å². The molecule has 1 aliphatic carbocycles. The van der Waals surface area contributed by atoms with Gasteiger partial charge in [0, 0.05) is 22.5 Å². The van der Waals surface area contributed by atoms with Crippen LogP contribution in [0.5, 0.6) is 0 Å². The van der Waals surface area contributed by atoms with Gasteiger partial charge in [0.25, 0.3) is 5.91 Å². The summed E-state index contributed by atoms with van der Waals surface area (Å²) in [6.45, 7) is 6.69. The molecule has 2 aromatic carbocycles. The molecule has 1 aliphatic heterocycles. The normalized spacial score (nSPS) is 23.8. The van der Waals surface area contributed by atoms with Crippen molar-refractivity contribution in [2.45, 2.75) is 75.5 Å². The molecule has 5 rings (SSSR count). The molecule has 0 bridgehead atoms. The molecule has 230 valence electrons. The van der Waals surface area contributed by atoms with E-state index < -0.39 is 44.3 Å². The zero-order valence-corrected chi connectivity index (χ0v) is 27.4. The standard InChI is InChI=1S/C31H34Cl2N2O6S2/c1-30(2,3)43(39,40)17-23(18-8-9-18)35-26(19-10-12-21(32)13-11-19)27(20-6-5-7-22(33)14-20)41-31(4,29(35)38)15-25-34-16-24(42-25)28(36)37/h5-7,10-14,16,18,23,26-27H,8-9,15,17H2,1-4H3,(H,36,37)/t23?,26?,27?,31-/m1/s1. The van der Waals surface area contributed by atoms with Gasteiger partial charge in [-0.05, 0) is 81.8 Å². The van der Waals surface area contributed by atoms with Crippen molar-refractivity contribution in [2.75, 3.05) is 5.75 Å². The number of carbonyl (C=O) groups is 2. The van der Waals surface area contributed by atoms with Crippen molar-refractivity contribution in [3.8, 4) is 0 Å². The summed E-state index contributed by atoms with van der Waals surface area (Å²) in [5, 5.41) is 10.9. The summed E-state index contributed by atoms with van der Waals surface area (Å²) >= 11 is 13.7. The first-order valence-electron chi connectivity index (χ1n) is 14.0. The fourth-order valence-corrected chi connectivity index (χ4v) is 8.13. The molecule has 2 heterocycles. The second-order valence-corrected chi connectivity index (χ2v) is 17.2. The first-order chi connectivity index (χ1) is 20.1. The van der Waals surface area contributed by atoms with Gasteiger partial charge in [0.05, 0.1) is 27.7 Å². The summed E-state index contributed by atoms with van der Waals surface area (Å²) < 4.78 is 33.1. The second kappa shape index (κ2) is 11.8. The van der Waals surface area contributed by atoms with Gasteiger partial charge >= 0.3 is 5.97 Å². The number of aromatic nitrogens is 1. The number of hydrogen-bond donors (Lipinski definition) is 1. The van der Waals surface area contributed by atoms with Crippen LogP contribution in [0.4, 0.5) is 0 Å². The molecular formula is C31H34Cl2N2O6S2. The van der Waals surface area contributed by atoms with Crippen LogP contribution in [-0.4, -0.2) is 57.4 Å². The Morgan fingerprint density at radius 3 is 2.37 bits per heavy atom. The molecule has 4 atom stereocenters. The van der Waals surface area contributed by atoms with Crippen LogP contribution in [0.25, 0.3) is 0 Å². The van der Waals surface area contributed by atoms with E-state index in [1.807, 2.05) is 18.2 Å². The van der Waals surface area contributed by atoms with Crippen LogP contribution in [-0.2, 0) is 25.8 Å². The Morgan fingerprint density at radius 1 is 1.14 bits per heavy atom. The Bertz CT molecular complexity index is 1630. The van der Waals surface area contributed by atoms with Gasteiger partial charge in [-0.1, -0.05) is 47.5 Å². The Hall–Kier alpha value is -2.50. The van der Waals surface area contributed by atoms with Gasteiger partial charge in [-0.3, -0.25) is 4.79 Å². The third-order valence-electron chi connectivity index (χ3n) is 8.15. The largest absolute Gasteiger partial charge is 0.477 e. The van der Waals surface area contributed by atoms with E-state index in [2.05, 4.69) is 4.98 Å². The molecule has 0 radical (unpaired) electrons. The number of carboxylic acid groups (broad SMARTS) is 1. The number of carbonyl (C=O) groups excluding carboxylic acids is 1. The zero-order valence-electron chi connectivity index (χ0n) is 24.3. The van der Waals surface area contributed by atoms with Crippen molar-refractivity contribution in [2.24, 2.45) is 5.92 Å². The van der Waals surface area contributed by atoms with E-state index in [1.54, 1.807) is 62.9 Å². The van der Waals surface area contributed by atoms with Gasteiger partial charge in [-0.15, -0.1) is 11.3 Å². The maximum absolute atomic E-state index is 14.8. The van der Waals surface area contributed by atoms with Crippen molar-refractivity contribution in [3.63, 3.8) is 0 Å². The van der Waals surface area contributed by atoms with Crippen molar-refractivity contribution in [3.05, 3.63) is 85.8 Å². The number of aromatic carboxylic acids is 1. The molecule has 3 aromatic rings. The van der Waals surface area contributed by atoms with E-state index in [-0.39, 0.29) is 28.9 Å². The summed E-state index contributed by atoms with van der Waals surface area (Å²) in [4.78, 5) is 32.4. The number of thiazole rings is 1. The molecule has 1 saturated carbocycles. The summed E-state index contributed by atoms with van der Waals surface area (Å²) in [6, 6.07) is 13.0. The number of amides is 1. The summed E-state index contributed by atoms with van der Waals surface area (Å²) in [7, 11) is -3.63. The Morgan fingerprint density at radius 2 is 1.81 bits per heavy atom. The molecule has 8 nitrogen and oxygen atoms in total. The van der Waals surface area contributed by atoms with Crippen LogP contribution in [0, 0.1) is 5.92 Å². The highest BCUT2D eigenvalue weighted by Crippen LogP contribution is 2.51. The van der Waals surface area contributed by atoms with Gasteiger partial charge in [-0.2, -0.15) is 0 Å². The van der Waals surface area contributed by atoms with Crippen LogP contribution in [0.3, 0.4) is 0 Å². The Kier molecular flexibility index (Phi) is 8.74. The quantitative estimate of drug-likeness (QED) is 0.268. The van der Waals surface area contributed by atoms with Crippen molar-refractivity contribution >= 4 is 56.3 Å². The number of nitrogens with zero attached hydrogens (tertiary/aromatic N) is 2. The van der Waals surface area contributed by atoms with E-state index in [9.17, 15) is 23.1 Å². The molecule has 0 spiro atoms. The van der Waals surface area contributed by atoms with Crippen LogP contribution in [0.1, 0.15) is 78.5 Å². The molecule has 1 saturated heterocycles. The highest BCUT2D eigenvalue weighted by Gasteiger charge is 2.56. The third kappa shape index (κ3) is 6.63. The number of carboxylic acids is 1. The Balaban J connectivity index is 1.69. The average Bonchev–Trinajstić information content (AvgIpc) is 3.66. The van der Waals surface area contributed by atoms with Gasteiger partial charge in [-0.25, -0.2) is 18.2 Å². The van der Waals surface area contributed by atoms with E-state index in [1.165, 1.54) is 6.20 Å². The number of morpholine rings is 1. The van der Waals surface area contributed by atoms with E-state index in [4.69, 9.17) is 27.9 Å². The fraction of sp³-hybridized carbons (Fsp3) is 0.452. The highest BCUT2D eigenvalue weighted by molar-refractivity contribution is 7.92. The van der Waals surface area contributed by atoms with Gasteiger partial charge < -0.3 is 14.7 Å². The molecule has 1 aromatic heterocycles. The predicted molar refractivity (Wildman–Crippen MR) is 168 cm³/mol. The lowest BCUT2D eigenvalue weighted by molar-refractivity contribution is -0.202. The minimum absolute atomic E-state index is 0.00304. The third-order valence-corrected chi connectivity index (χ3v) is 12.3. The van der Waals surface area contributed by atoms with Crippen molar-refractivity contribution in [1.29, 1.82) is 0 Å². The maximum Gasteiger partial charge on any atom is 0.347 e. The average molecular weight is 666 g/mol. The second-order valence-electron chi connectivity index (χ2n) is 12.4. The van der Waals surface area contributed by atoms with Crippen LogP contribution < -0.4 is 0 Å². The SMILES string of the molecule is CC(C)(C)S(=O)(=O)CC(C1CC1)N1C(=O)[C@@](C)(Cc2ncc(C(=O)O)s2)OC(c2cccc(Cl)c2)C1c1ccc(Cl)cc1. The van der Waals surface area contributed by atoms with E-state index in [0.29, 0.717) is 15.1 Å². The predicted octanol–water partition coefficient (Wildman–Crippen LogP) is 6.78. The Labute approximate surface area is 265 Å². The lowest BCUT2D eigenvalue weighted by Gasteiger charge is -2.52. The maximum atomic E-state index is 14.8. The first-order valence-corrected chi connectivity index (χ1v) is 17.2. The number of benzene rings is 2. The molecular weight excluding hydrogens is 631 g/mol. The lowest BCUT2D eigenvalue weighted by Crippen LogP contribution is -2.62. The number of ether oxygens (including phenoxy) is 1. The summed E-state index contributed by atoms with van der Waals surface area (Å²) in [5.74, 6) is -1.68. The number of rotatable bonds is 9. The first kappa shape index (κ1) is 31.9. The summed E-state index contributed by atoms with van der Waals surface area (Å²) in [5.41, 5.74) is -0.0249. The van der Waals surface area contributed by atoms with Crippen molar-refractivity contribution < 1.29 is 27.9 Å². The smallest absolute Gasteiger partial charge is 0.347 e. The minimum Gasteiger partial charge on any atom is -0.477 e. The van der Waals surface area contributed by atoms with E-state index >= 15 is 0 Å². The topological polar surface area (TPSA) is 114 Å². The fourth-order valence-electron chi connectivity index (χ4n) is 5.52. The molecule has 12 heteroatoms. The van der Waals surface area contributed by atoms with Crippen LogP contribution >= 0.6 is 34.5 Å². The molecule has 3 unspecified atom stereocenters. The number of hydrogen-bond acceptors (Lipinski definition) is 7. The number of sulfone groups is 1. The molecule has 2 aliphatic rings. The molecule has 43 heavy (non-hydrogen) atoms. The summed E-state index contributed by atoms with van der Waals surface area (Å²) in [6.07, 6.45) is 2.14. The molecule has 1 N–H and O–H groups in total. The van der Waals surface area contributed by atoms with Crippen molar-refractivity contribution in [1.82, 2.24) is 9.88 Å². The highest BCUT2D eigenvalue weighted by atomic mass is 35.5. The lowest BCUT2D eigenvalue weighted by atomic mass is 9.85. The van der Waals surface area contributed by atoms with Gasteiger partial charge in [0.2, 0.25) is 0 Å². The van der Waals surface area contributed by atoms with Gasteiger partial charge in [0.1, 0.15) is 11.0 Å². The zero-order chi connectivity index (χ0) is 31.3. The van der Waals surface area contributed by atoms with Crippen LogP contribution in [0.2, 0.25) is 10.0 Å². The minimum atomic E-state index is -3.63. The monoisotopic (exact) mass is 664 g/mol. The molecule has 2 fully saturated rings. The van der Waals surface area contributed by atoms with Gasteiger partial charge in [0.15, 0.2) is 15.4 Å². The number of halogens is 2.